The summed E-state index contributed by atoms with van der Waals surface area (Å²) in [6.07, 6.45) is 6.76. The molecule has 0 aliphatic rings. The molecular weight excluding hydrogens is 1060 g/mol. The fourth-order valence-corrected chi connectivity index (χ4v) is 5.53. The number of ketones is 1. The van der Waals surface area contributed by atoms with Crippen LogP contribution >= 0.6 is 0 Å². The normalized spacial score (nSPS) is 10.3. The SMILES string of the molecule is CC(=O)C=C(C)O.CC(C)(C)c1cc(-c2[c-]cccc2)ncc1-c1ccccc1.Cc1ccc[c-]c1-c1ccccn1.Cc1ccc[c-]c1-c1ccccn1.[Ir].[Ir]. The molecule has 0 fully saturated rings. The van der Waals surface area contributed by atoms with Gasteiger partial charge in [-0.3, -0.25) is 4.79 Å². The van der Waals surface area contributed by atoms with Crippen LogP contribution in [0.4, 0.5) is 0 Å². The molecule has 1 N–H and O–H groups in total. The summed E-state index contributed by atoms with van der Waals surface area (Å²) < 4.78 is 0. The van der Waals surface area contributed by atoms with Gasteiger partial charge in [-0.25, -0.2) is 0 Å². The number of aliphatic hydroxyl groups is 1. The van der Waals surface area contributed by atoms with Crippen molar-refractivity contribution in [1.82, 2.24) is 15.0 Å². The molecule has 0 spiro atoms. The van der Waals surface area contributed by atoms with Gasteiger partial charge >= 0.3 is 0 Å². The molecule has 7 aromatic rings. The number of aromatic nitrogens is 3. The van der Waals surface area contributed by atoms with Crippen LogP contribution in [0.25, 0.3) is 44.9 Å². The number of aryl methyl sites for hydroxylation is 2. The van der Waals surface area contributed by atoms with Crippen LogP contribution < -0.4 is 0 Å². The van der Waals surface area contributed by atoms with Gasteiger partial charge in [-0.1, -0.05) is 95.3 Å². The molecule has 0 atom stereocenters. The summed E-state index contributed by atoms with van der Waals surface area (Å²) >= 11 is 0. The maximum absolute atomic E-state index is 10.0. The molecule has 0 amide bonds. The number of hydrogen-bond acceptors (Lipinski definition) is 5. The van der Waals surface area contributed by atoms with Crippen molar-refractivity contribution in [3.05, 3.63) is 199 Å². The van der Waals surface area contributed by atoms with E-state index in [1.165, 1.54) is 47.7 Å². The number of allylic oxidation sites excluding steroid dienone is 2. The van der Waals surface area contributed by atoms with Crippen LogP contribution in [0.3, 0.4) is 0 Å². The Bertz CT molecular complexity index is 2170. The van der Waals surface area contributed by atoms with Crippen LogP contribution in [0.1, 0.15) is 51.3 Å². The Morgan fingerprint density at radius 2 is 1.12 bits per heavy atom. The predicted molar refractivity (Wildman–Crippen MR) is 226 cm³/mol. The van der Waals surface area contributed by atoms with Gasteiger partial charge in [0, 0.05) is 70.4 Å². The third kappa shape index (κ3) is 15.7. The molecule has 7 rings (SSSR count). The van der Waals surface area contributed by atoms with Crippen LogP contribution in [0.5, 0.6) is 0 Å². The minimum Gasteiger partial charge on any atom is -0.512 e. The first-order valence-electron chi connectivity index (χ1n) is 18.1. The van der Waals surface area contributed by atoms with Crippen molar-refractivity contribution < 1.29 is 50.1 Å². The molecule has 0 saturated carbocycles. The fraction of sp³-hybridized carbons (Fsp3) is 0.160. The zero-order chi connectivity index (χ0) is 39.6. The van der Waals surface area contributed by atoms with Crippen LogP contribution in [0.15, 0.2) is 164 Å². The van der Waals surface area contributed by atoms with E-state index < -0.39 is 0 Å². The predicted octanol–water partition coefficient (Wildman–Crippen LogP) is 12.3. The second-order valence-corrected chi connectivity index (χ2v) is 13.8. The van der Waals surface area contributed by atoms with E-state index in [-0.39, 0.29) is 57.2 Å². The summed E-state index contributed by atoms with van der Waals surface area (Å²) in [5, 5.41) is 8.36. The summed E-state index contributed by atoms with van der Waals surface area (Å²) in [5.74, 6) is -0.0625. The Kier molecular flexibility index (Phi) is 20.6. The van der Waals surface area contributed by atoms with Crippen molar-refractivity contribution in [1.29, 1.82) is 0 Å². The van der Waals surface area contributed by atoms with Crippen LogP contribution in [0.2, 0.25) is 0 Å². The van der Waals surface area contributed by atoms with E-state index in [9.17, 15) is 4.79 Å². The minimum atomic E-state index is -0.125. The molecule has 0 unspecified atom stereocenters. The van der Waals surface area contributed by atoms with E-state index in [0.29, 0.717) is 0 Å². The van der Waals surface area contributed by atoms with E-state index in [0.717, 1.165) is 33.8 Å². The van der Waals surface area contributed by atoms with Gasteiger partial charge in [0.15, 0.2) is 5.78 Å². The Labute approximate surface area is 366 Å². The molecule has 4 aromatic carbocycles. The first-order chi connectivity index (χ1) is 26.4. The number of pyridine rings is 3. The van der Waals surface area contributed by atoms with Crippen LogP contribution in [-0.2, 0) is 50.4 Å². The number of rotatable bonds is 5. The molecule has 5 nitrogen and oxygen atoms in total. The van der Waals surface area contributed by atoms with Gasteiger partial charge in [-0.2, -0.15) is 0 Å². The summed E-state index contributed by atoms with van der Waals surface area (Å²) in [6.45, 7) is 13.7. The molecule has 3 heterocycles. The number of aliphatic hydroxyl groups excluding tert-OH is 1. The van der Waals surface area contributed by atoms with Crippen LogP contribution in [-0.4, -0.2) is 25.8 Å². The Morgan fingerprint density at radius 3 is 1.53 bits per heavy atom. The standard InChI is InChI=1S/C21H20N.2C12H10N.C5H8O2.2Ir/c1-21(2,3)19-14-20(17-12-8-5-9-13-17)22-15-18(19)16-10-6-4-7-11-16;2*1-10-6-2-3-7-11(10)12-8-4-5-9-13-12;1-4(6)3-5(2)7;;/h4-12,14-15H,1-3H3;2*2-6,8-9H,1H3;3,6H,1-2H3;;/q3*-1;;;. The first-order valence-corrected chi connectivity index (χ1v) is 18.1. The van der Waals surface area contributed by atoms with Gasteiger partial charge < -0.3 is 20.1 Å². The summed E-state index contributed by atoms with van der Waals surface area (Å²) in [6, 6.07) is 54.0. The van der Waals surface area contributed by atoms with E-state index >= 15 is 0 Å². The van der Waals surface area contributed by atoms with Gasteiger partial charge in [0.1, 0.15) is 0 Å². The van der Waals surface area contributed by atoms with Gasteiger partial charge in [-0.15, -0.1) is 107 Å². The van der Waals surface area contributed by atoms with Crippen molar-refractivity contribution in [2.24, 2.45) is 0 Å². The van der Waals surface area contributed by atoms with Crippen molar-refractivity contribution >= 4 is 5.78 Å². The molecular formula is C50H48Ir2N3O2-3. The van der Waals surface area contributed by atoms with E-state index in [1.54, 1.807) is 12.4 Å². The third-order valence-electron chi connectivity index (χ3n) is 8.16. The molecule has 0 aliphatic heterocycles. The molecule has 3 aromatic heterocycles. The molecule has 0 saturated heterocycles. The number of carbonyl (C=O) groups excluding carboxylic acids is 1. The summed E-state index contributed by atoms with van der Waals surface area (Å²) in [7, 11) is 0. The quantitative estimate of drug-likeness (QED) is 0.106. The van der Waals surface area contributed by atoms with Crippen molar-refractivity contribution in [2.45, 2.75) is 53.9 Å². The summed E-state index contributed by atoms with van der Waals surface area (Å²) in [5.41, 5.74) is 12.3. The Balaban J connectivity index is 0.000000279. The topological polar surface area (TPSA) is 76.0 Å². The largest absolute Gasteiger partial charge is 0.512 e. The number of nitrogens with zero attached hydrogens (tertiary/aromatic N) is 3. The first kappa shape index (κ1) is 48.0. The average molecular weight is 1110 g/mol. The van der Waals surface area contributed by atoms with E-state index in [2.05, 4.69) is 116 Å². The van der Waals surface area contributed by atoms with Crippen molar-refractivity contribution in [3.63, 3.8) is 0 Å². The Hall–Kier alpha value is -5.16. The molecule has 2 radical (unpaired) electrons. The average Bonchev–Trinajstić information content (AvgIpc) is 3.19. The number of carbonyl (C=O) groups is 1. The summed E-state index contributed by atoms with van der Waals surface area (Å²) in [4.78, 5) is 23.2. The number of hydrogen-bond donors (Lipinski definition) is 1. The second-order valence-electron chi connectivity index (χ2n) is 13.8. The molecule has 296 valence electrons. The molecule has 57 heavy (non-hydrogen) atoms. The van der Waals surface area contributed by atoms with Gasteiger partial charge in [0.05, 0.1) is 5.76 Å². The molecule has 7 heteroatoms. The molecule has 0 bridgehead atoms. The number of benzene rings is 4. The van der Waals surface area contributed by atoms with Crippen molar-refractivity contribution in [2.75, 3.05) is 0 Å². The maximum Gasteiger partial charge on any atom is 0.155 e. The zero-order valence-corrected chi connectivity index (χ0v) is 38.2. The Morgan fingerprint density at radius 1 is 0.614 bits per heavy atom. The monoisotopic (exact) mass is 1110 g/mol. The van der Waals surface area contributed by atoms with Gasteiger partial charge in [0.2, 0.25) is 0 Å². The third-order valence-corrected chi connectivity index (χ3v) is 8.16. The smallest absolute Gasteiger partial charge is 0.155 e. The second kappa shape index (κ2) is 24.5. The van der Waals surface area contributed by atoms with Crippen LogP contribution in [0, 0.1) is 32.0 Å². The van der Waals surface area contributed by atoms with E-state index in [4.69, 9.17) is 5.11 Å². The van der Waals surface area contributed by atoms with Gasteiger partial charge in [0.25, 0.3) is 0 Å². The zero-order valence-electron chi connectivity index (χ0n) is 33.4. The minimum absolute atomic E-state index is 0. The van der Waals surface area contributed by atoms with E-state index in [1.807, 2.05) is 91.1 Å². The van der Waals surface area contributed by atoms with Gasteiger partial charge in [-0.05, 0) is 59.6 Å². The molecule has 0 aliphatic carbocycles. The maximum atomic E-state index is 10.0. The fourth-order valence-electron chi connectivity index (χ4n) is 5.53. The van der Waals surface area contributed by atoms with Crippen molar-refractivity contribution in [3.8, 4) is 44.9 Å².